The molecule has 13 heteroatoms. The Morgan fingerprint density at radius 3 is 2.69 bits per heavy atom. The molecule has 0 saturated carbocycles. The number of nitrogens with one attached hydrogen (secondary N) is 1. The zero-order valence-electron chi connectivity index (χ0n) is 18.6. The molecule has 1 aliphatic heterocycles. The Hall–Kier alpha value is -3.24. The predicted molar refractivity (Wildman–Crippen MR) is 121 cm³/mol. The Morgan fingerprint density at radius 1 is 1.26 bits per heavy atom. The van der Waals surface area contributed by atoms with Crippen molar-refractivity contribution in [3.05, 3.63) is 53.4 Å². The van der Waals surface area contributed by atoms with Crippen LogP contribution < -0.4 is 5.32 Å². The van der Waals surface area contributed by atoms with Crippen LogP contribution >= 0.6 is 11.9 Å². The van der Waals surface area contributed by atoms with Gasteiger partial charge in [-0.15, -0.1) is 0 Å². The van der Waals surface area contributed by atoms with Crippen LogP contribution in [0.4, 0.5) is 27.9 Å². The van der Waals surface area contributed by atoms with Gasteiger partial charge in [-0.2, -0.15) is 18.4 Å². The largest absolute Gasteiger partial charge is 0.420 e. The minimum atomic E-state index is -4.79. The molecule has 1 aromatic carbocycles. The Balaban J connectivity index is 1.73. The smallest absolute Gasteiger partial charge is 0.348 e. The summed E-state index contributed by atoms with van der Waals surface area (Å²) in [5, 5.41) is 11.9. The molecule has 2 aromatic heterocycles. The average molecular weight is 510 g/mol. The number of hydrogen-bond acceptors (Lipinski definition) is 7. The van der Waals surface area contributed by atoms with Crippen molar-refractivity contribution >= 4 is 17.9 Å². The van der Waals surface area contributed by atoms with Crippen molar-refractivity contribution in [2.75, 3.05) is 24.7 Å². The summed E-state index contributed by atoms with van der Waals surface area (Å²) in [4.78, 5) is 12.0. The van der Waals surface area contributed by atoms with Gasteiger partial charge in [0.2, 0.25) is 5.95 Å². The highest BCUT2D eigenvalue weighted by Crippen LogP contribution is 2.36. The lowest BCUT2D eigenvalue weighted by Crippen LogP contribution is -2.45. The normalized spacial score (nSPS) is 18.9. The van der Waals surface area contributed by atoms with E-state index in [0.29, 0.717) is 19.2 Å². The van der Waals surface area contributed by atoms with E-state index in [2.05, 4.69) is 20.3 Å². The van der Waals surface area contributed by atoms with E-state index in [1.54, 1.807) is 6.07 Å². The number of aryl methyl sites for hydroxylation is 1. The minimum Gasteiger partial charge on any atom is -0.348 e. The first-order chi connectivity index (χ1) is 16.6. The summed E-state index contributed by atoms with van der Waals surface area (Å²) in [5.41, 5.74) is -2.08. The fraction of sp³-hybridized carbons (Fsp3) is 0.364. The fourth-order valence-electron chi connectivity index (χ4n) is 3.85. The average Bonchev–Trinajstić information content (AvgIpc) is 3.21. The Kier molecular flexibility index (Phi) is 6.95. The van der Waals surface area contributed by atoms with Crippen molar-refractivity contribution in [3.8, 4) is 23.1 Å². The summed E-state index contributed by atoms with van der Waals surface area (Å²) in [6.07, 6.45) is -1.95. The summed E-state index contributed by atoms with van der Waals surface area (Å²) in [6, 6.07) is 5.20. The van der Waals surface area contributed by atoms with Crippen molar-refractivity contribution in [2.24, 2.45) is 0 Å². The molecule has 0 spiro atoms. The highest BCUT2D eigenvalue weighted by atomic mass is 32.2. The van der Waals surface area contributed by atoms with Gasteiger partial charge in [-0.05, 0) is 31.7 Å². The van der Waals surface area contributed by atoms with E-state index >= 15 is 0 Å². The number of rotatable bonds is 5. The maximum absolute atomic E-state index is 14.7. The first kappa shape index (κ1) is 24.9. The highest BCUT2D eigenvalue weighted by molar-refractivity contribution is 7.96. The van der Waals surface area contributed by atoms with E-state index < -0.39 is 35.5 Å². The summed E-state index contributed by atoms with van der Waals surface area (Å²) in [6.45, 7) is 2.26. The molecule has 7 nitrogen and oxygen atoms in total. The second kappa shape index (κ2) is 9.79. The predicted octanol–water partition coefficient (Wildman–Crippen LogP) is 4.77. The molecule has 3 heterocycles. The van der Waals surface area contributed by atoms with Gasteiger partial charge in [-0.25, -0.2) is 28.0 Å². The molecule has 35 heavy (non-hydrogen) atoms. The number of halogens is 5. The molecule has 3 aromatic rings. The summed E-state index contributed by atoms with van der Waals surface area (Å²) in [5.74, 6) is -0.805. The second-order valence-electron chi connectivity index (χ2n) is 7.87. The summed E-state index contributed by atoms with van der Waals surface area (Å²) >= 11 is 1.42. The third kappa shape index (κ3) is 5.08. The molecule has 0 amide bonds. The number of benzene rings is 1. The number of nitrogens with zero attached hydrogens (tertiary/aromatic N) is 6. The number of alkyl halides is 4. The van der Waals surface area contributed by atoms with Gasteiger partial charge < -0.3 is 9.88 Å². The number of hydrogen-bond donors (Lipinski definition) is 1. The molecule has 0 bridgehead atoms. The van der Waals surface area contributed by atoms with Crippen molar-refractivity contribution in [3.63, 3.8) is 0 Å². The molecule has 2 atom stereocenters. The molecule has 1 N–H and O–H groups in total. The van der Waals surface area contributed by atoms with Gasteiger partial charge in [0.1, 0.15) is 35.0 Å². The van der Waals surface area contributed by atoms with Gasteiger partial charge in [-0.1, -0.05) is 18.0 Å². The van der Waals surface area contributed by atoms with Gasteiger partial charge in [0.05, 0.1) is 17.3 Å². The third-order valence-corrected chi connectivity index (χ3v) is 6.50. The first-order valence-electron chi connectivity index (χ1n) is 10.5. The monoisotopic (exact) mass is 509 g/mol. The molecular weight excluding hydrogens is 489 g/mol. The van der Waals surface area contributed by atoms with Crippen LogP contribution in [0, 0.1) is 24.1 Å². The van der Waals surface area contributed by atoms with E-state index in [1.165, 1.54) is 47.8 Å². The minimum absolute atomic E-state index is 0.0397. The molecule has 0 aliphatic carbocycles. The van der Waals surface area contributed by atoms with Crippen molar-refractivity contribution < 1.29 is 22.0 Å². The van der Waals surface area contributed by atoms with E-state index in [1.807, 2.05) is 10.6 Å². The van der Waals surface area contributed by atoms with Crippen LogP contribution in [0.2, 0.25) is 0 Å². The highest BCUT2D eigenvalue weighted by Gasteiger charge is 2.37. The molecule has 1 fully saturated rings. The quantitative estimate of drug-likeness (QED) is 0.392. The van der Waals surface area contributed by atoms with Crippen molar-refractivity contribution in [2.45, 2.75) is 31.7 Å². The zero-order chi connectivity index (χ0) is 25.3. The van der Waals surface area contributed by atoms with Crippen LogP contribution in [0.25, 0.3) is 17.1 Å². The Labute approximate surface area is 202 Å². The van der Waals surface area contributed by atoms with Crippen LogP contribution in [0.1, 0.15) is 23.4 Å². The molecule has 1 aliphatic rings. The topological polar surface area (TPSA) is 82.7 Å². The van der Waals surface area contributed by atoms with Gasteiger partial charge in [0, 0.05) is 25.5 Å². The van der Waals surface area contributed by atoms with Crippen molar-refractivity contribution in [1.82, 2.24) is 23.8 Å². The van der Waals surface area contributed by atoms with Crippen LogP contribution in [-0.4, -0.2) is 55.4 Å². The maximum atomic E-state index is 14.7. The molecule has 2 unspecified atom stereocenters. The van der Waals surface area contributed by atoms with Crippen LogP contribution in [0.3, 0.4) is 0 Å². The molecule has 4 rings (SSSR count). The van der Waals surface area contributed by atoms with E-state index in [-0.39, 0.29) is 35.3 Å². The molecular formula is C22H20F5N7S. The molecule has 0 radical (unpaired) electrons. The second-order valence-corrected chi connectivity index (χ2v) is 8.76. The zero-order valence-corrected chi connectivity index (χ0v) is 19.5. The van der Waals surface area contributed by atoms with Crippen LogP contribution in [-0.2, 0) is 6.18 Å². The standard InChI is InChI=1S/C22H20F5N7S/c1-12-30-17(11-34(12)18-5-3-4-13(8-28)19(18)24)20-14(22(25,26)27)9-29-21(32-20)31-16-6-7-33(35-2)10-15(16)23/h3-5,9,11,15-16H,6-7,10H2,1-2H3,(H,29,31,32). The van der Waals surface area contributed by atoms with E-state index in [4.69, 9.17) is 5.26 Å². The van der Waals surface area contributed by atoms with Crippen LogP contribution in [0.15, 0.2) is 30.6 Å². The molecule has 184 valence electrons. The van der Waals surface area contributed by atoms with Gasteiger partial charge >= 0.3 is 6.18 Å². The van der Waals surface area contributed by atoms with Crippen molar-refractivity contribution in [1.29, 1.82) is 5.26 Å². The van der Waals surface area contributed by atoms with Gasteiger partial charge in [0.15, 0.2) is 5.82 Å². The number of anilines is 1. The fourth-order valence-corrected chi connectivity index (χ4v) is 4.43. The number of aromatic nitrogens is 4. The maximum Gasteiger partial charge on any atom is 0.420 e. The number of nitriles is 1. The number of imidazole rings is 1. The lowest BCUT2D eigenvalue weighted by Gasteiger charge is -2.33. The Bertz CT molecular complexity index is 1270. The first-order valence-corrected chi connectivity index (χ1v) is 11.7. The third-order valence-electron chi connectivity index (χ3n) is 5.65. The Morgan fingerprint density at radius 2 is 2.03 bits per heavy atom. The molecule has 1 saturated heterocycles. The SMILES string of the molecule is CSN1CCC(Nc2ncc(C(F)(F)F)c(-c3cn(-c4cccc(C#N)c4F)c(C)n3)n2)C(F)C1. The van der Waals surface area contributed by atoms with Crippen LogP contribution in [0.5, 0.6) is 0 Å². The number of piperidine rings is 1. The lowest BCUT2D eigenvalue weighted by atomic mass is 10.1. The summed E-state index contributed by atoms with van der Waals surface area (Å²) < 4.78 is 73.7. The van der Waals surface area contributed by atoms with E-state index in [9.17, 15) is 22.0 Å². The van der Waals surface area contributed by atoms with Gasteiger partial charge in [0.25, 0.3) is 0 Å². The lowest BCUT2D eigenvalue weighted by molar-refractivity contribution is -0.137. The van der Waals surface area contributed by atoms with Gasteiger partial charge in [-0.3, -0.25) is 0 Å². The summed E-state index contributed by atoms with van der Waals surface area (Å²) in [7, 11) is 0. The van der Waals surface area contributed by atoms with E-state index in [0.717, 1.165) is 0 Å².